The Morgan fingerprint density at radius 1 is 0.932 bits per heavy atom. The number of hydrogen-bond acceptors (Lipinski definition) is 10. The van der Waals surface area contributed by atoms with E-state index in [2.05, 4.69) is 27.4 Å². The lowest BCUT2D eigenvalue weighted by atomic mass is 9.41. The van der Waals surface area contributed by atoms with Crippen LogP contribution in [-0.4, -0.2) is 111 Å². The fourth-order valence-electron chi connectivity index (χ4n) is 10.9. The van der Waals surface area contributed by atoms with E-state index < -0.39 is 66.0 Å². The van der Waals surface area contributed by atoms with Gasteiger partial charge in [-0.2, -0.15) is 0 Å². The maximum atomic E-state index is 12.5. The van der Waals surface area contributed by atoms with E-state index in [-0.39, 0.29) is 48.0 Å². The molecule has 44 heavy (non-hydrogen) atoms. The van der Waals surface area contributed by atoms with Gasteiger partial charge in [0.05, 0.1) is 43.2 Å². The molecule has 0 aromatic rings. The highest BCUT2D eigenvalue weighted by Gasteiger charge is 2.71. The van der Waals surface area contributed by atoms with Crippen molar-refractivity contribution in [3.05, 3.63) is 12.2 Å². The van der Waals surface area contributed by atoms with Crippen molar-refractivity contribution < 1.29 is 50.0 Å². The lowest BCUT2D eigenvalue weighted by Gasteiger charge is -2.66. The third kappa shape index (κ3) is 5.63. The predicted molar refractivity (Wildman–Crippen MR) is 162 cm³/mol. The van der Waals surface area contributed by atoms with E-state index in [9.17, 15) is 35.7 Å². The van der Waals surface area contributed by atoms with Gasteiger partial charge in [0.15, 0.2) is 6.29 Å². The van der Waals surface area contributed by atoms with Gasteiger partial charge in [-0.05, 0) is 73.5 Å². The van der Waals surface area contributed by atoms with Gasteiger partial charge >= 0.3 is 0 Å². The topological polar surface area (TPSA) is 169 Å². The molecule has 1 aliphatic heterocycles. The number of aliphatic hydroxyl groups is 7. The van der Waals surface area contributed by atoms with Crippen molar-refractivity contribution in [1.82, 2.24) is 0 Å². The second-order valence-electron chi connectivity index (χ2n) is 15.7. The van der Waals surface area contributed by atoms with Crippen LogP contribution in [0.5, 0.6) is 0 Å². The summed E-state index contributed by atoms with van der Waals surface area (Å²) in [6.07, 6.45) is -2.11. The Bertz CT molecular complexity index is 1030. The van der Waals surface area contributed by atoms with Crippen molar-refractivity contribution in [3.8, 4) is 0 Å². The molecule has 254 valence electrons. The van der Waals surface area contributed by atoms with Crippen molar-refractivity contribution in [2.45, 2.75) is 134 Å². The summed E-state index contributed by atoms with van der Waals surface area (Å²) in [5.41, 5.74) is -1.03. The van der Waals surface area contributed by atoms with E-state index in [1.54, 1.807) is 0 Å². The lowest BCUT2D eigenvalue weighted by molar-refractivity contribution is -0.280. The minimum atomic E-state index is -1.24. The van der Waals surface area contributed by atoms with Crippen molar-refractivity contribution in [2.24, 2.45) is 46.3 Å². The minimum Gasteiger partial charge on any atom is -0.393 e. The van der Waals surface area contributed by atoms with Crippen molar-refractivity contribution >= 4 is 0 Å². The fourth-order valence-corrected chi connectivity index (χ4v) is 10.9. The van der Waals surface area contributed by atoms with Gasteiger partial charge in [0.1, 0.15) is 18.3 Å². The zero-order valence-electron chi connectivity index (χ0n) is 27.2. The summed E-state index contributed by atoms with van der Waals surface area (Å²) in [5, 5.41) is 77.1. The predicted octanol–water partition coefficient (Wildman–Crippen LogP) is 1.75. The Morgan fingerprint density at radius 3 is 2.30 bits per heavy atom. The fraction of sp³-hybridized carbons (Fsp3) is 0.941. The van der Waals surface area contributed by atoms with Crippen LogP contribution in [-0.2, 0) is 14.2 Å². The molecule has 0 spiro atoms. The van der Waals surface area contributed by atoms with Gasteiger partial charge in [-0.15, -0.1) is 0 Å². The van der Waals surface area contributed by atoms with Crippen LogP contribution < -0.4 is 0 Å². The largest absolute Gasteiger partial charge is 0.393 e. The third-order valence-electron chi connectivity index (χ3n) is 13.3. The molecule has 0 amide bonds. The molecule has 4 saturated carbocycles. The van der Waals surface area contributed by atoms with Crippen molar-refractivity contribution in [3.63, 3.8) is 0 Å². The molecule has 4 aliphatic carbocycles. The maximum absolute atomic E-state index is 12.5. The summed E-state index contributed by atoms with van der Waals surface area (Å²) >= 11 is 0. The first-order chi connectivity index (χ1) is 20.6. The number of aliphatic hydroxyl groups excluding tert-OH is 6. The first-order valence-electron chi connectivity index (χ1n) is 16.8. The number of rotatable bonds is 9. The van der Waals surface area contributed by atoms with Crippen molar-refractivity contribution in [2.75, 3.05) is 20.3 Å². The Balaban J connectivity index is 1.21. The number of hydrogen-bond donors (Lipinski definition) is 7. The highest BCUT2D eigenvalue weighted by molar-refractivity contribution is 5.21. The van der Waals surface area contributed by atoms with Gasteiger partial charge in [-0.3, -0.25) is 0 Å². The molecule has 1 saturated heterocycles. The van der Waals surface area contributed by atoms with Gasteiger partial charge in [-0.25, -0.2) is 0 Å². The average Bonchev–Trinajstić information content (AvgIpc) is 3.24. The van der Waals surface area contributed by atoms with Crippen LogP contribution in [0.2, 0.25) is 0 Å². The molecule has 10 nitrogen and oxygen atoms in total. The maximum Gasteiger partial charge on any atom is 0.186 e. The average molecular weight is 627 g/mol. The van der Waals surface area contributed by atoms with Crippen LogP contribution in [0.25, 0.3) is 0 Å². The van der Waals surface area contributed by atoms with E-state index >= 15 is 0 Å². The van der Waals surface area contributed by atoms with Crippen LogP contribution in [0.15, 0.2) is 12.2 Å². The smallest absolute Gasteiger partial charge is 0.186 e. The molecular formula is C34H58O10. The summed E-state index contributed by atoms with van der Waals surface area (Å²) in [6.45, 7) is 13.2. The van der Waals surface area contributed by atoms with E-state index in [0.717, 1.165) is 31.3 Å². The molecule has 0 aromatic heterocycles. The second-order valence-corrected chi connectivity index (χ2v) is 15.7. The zero-order chi connectivity index (χ0) is 32.4. The monoisotopic (exact) mass is 626 g/mol. The highest BCUT2D eigenvalue weighted by Crippen LogP contribution is 2.69. The Morgan fingerprint density at radius 2 is 1.61 bits per heavy atom. The molecule has 7 N–H and O–H groups in total. The van der Waals surface area contributed by atoms with Crippen LogP contribution in [0, 0.1) is 46.3 Å². The van der Waals surface area contributed by atoms with Crippen LogP contribution in [0.4, 0.5) is 0 Å². The van der Waals surface area contributed by atoms with Crippen LogP contribution in [0.1, 0.15) is 79.1 Å². The molecule has 5 rings (SSSR count). The van der Waals surface area contributed by atoms with E-state index in [1.165, 1.54) is 7.11 Å². The lowest BCUT2D eigenvalue weighted by Crippen LogP contribution is -2.70. The normalized spacial score (nSPS) is 52.0. The van der Waals surface area contributed by atoms with Crippen LogP contribution >= 0.6 is 0 Å². The summed E-state index contributed by atoms with van der Waals surface area (Å²) < 4.78 is 16.5. The number of fused-ring (bicyclic) bond motifs is 5. The van der Waals surface area contributed by atoms with Crippen molar-refractivity contribution in [1.29, 1.82) is 0 Å². The van der Waals surface area contributed by atoms with E-state index in [4.69, 9.17) is 14.2 Å². The van der Waals surface area contributed by atoms with Gasteiger partial charge in [0, 0.05) is 31.3 Å². The number of methoxy groups -OCH3 is 1. The molecular weight excluding hydrogens is 568 g/mol. The van der Waals surface area contributed by atoms with Gasteiger partial charge in [-0.1, -0.05) is 39.8 Å². The van der Waals surface area contributed by atoms with Gasteiger partial charge < -0.3 is 50.0 Å². The molecule has 1 heterocycles. The minimum absolute atomic E-state index is 0.0151. The molecule has 5 unspecified atom stereocenters. The molecule has 5 fully saturated rings. The summed E-state index contributed by atoms with van der Waals surface area (Å²) in [5.74, 6) is -0.558. The molecule has 0 bridgehead atoms. The molecule has 5 aliphatic rings. The Kier molecular flexibility index (Phi) is 10.0. The number of ether oxygens (including phenoxy) is 3. The van der Waals surface area contributed by atoms with Gasteiger partial charge in [0.2, 0.25) is 0 Å². The zero-order valence-corrected chi connectivity index (χ0v) is 27.2. The highest BCUT2D eigenvalue weighted by atomic mass is 16.7. The molecule has 17 atom stereocenters. The quantitative estimate of drug-likeness (QED) is 0.187. The Hall–Kier alpha value is -0.660. The second kappa shape index (κ2) is 12.7. The SMILES string of the molecule is C=C(CCC(C)[C@H]1C[C@@H](O)C2[C@]3(O)C[C@H](O)C4[C@@H](O)[C@@H](O)CC[C@]4(C)C3CC[C@@]21C)C(C)CO[C@@H]1OC[C@@H](O)[C@H](OC)[C@H]1O. The first-order valence-corrected chi connectivity index (χ1v) is 16.8. The molecule has 10 heteroatoms. The summed E-state index contributed by atoms with van der Waals surface area (Å²) in [4.78, 5) is 0. The molecule has 0 aromatic carbocycles. The first kappa shape index (κ1) is 34.7. The third-order valence-corrected chi connectivity index (χ3v) is 13.3. The van der Waals surface area contributed by atoms with Crippen LogP contribution in [0.3, 0.4) is 0 Å². The molecule has 0 radical (unpaired) electrons. The summed E-state index contributed by atoms with van der Waals surface area (Å²) in [6, 6.07) is 0. The van der Waals surface area contributed by atoms with E-state index in [1.807, 2.05) is 6.92 Å². The summed E-state index contributed by atoms with van der Waals surface area (Å²) in [7, 11) is 1.44. The van der Waals surface area contributed by atoms with Gasteiger partial charge in [0.25, 0.3) is 0 Å². The van der Waals surface area contributed by atoms with E-state index in [0.29, 0.717) is 25.9 Å². The Labute approximate surface area is 262 Å². The standard InChI is InChI=1S/C34H58O10/c1-17(19(3)15-43-31-28(40)29(42-6)24(38)16-44-31)7-8-18(2)20-13-22(36)30-32(20,4)12-10-25-33(5)11-9-21(35)27(39)26(33)23(37)14-34(25,30)41/h18-31,35-41H,1,7-16H2,2-6H3/t18?,19?,20-,21+,22-,23+,24-,25?,26?,27+,28-,29+,30?,31-,32-,33-,34+/m1/s1.